The lowest BCUT2D eigenvalue weighted by Crippen LogP contribution is -2.89. The minimum absolute atomic E-state index is 0.534. The fourth-order valence-corrected chi connectivity index (χ4v) is 14.2. The monoisotopic (exact) mass is 791 g/mol. The van der Waals surface area contributed by atoms with E-state index in [9.17, 15) is 30.0 Å². The van der Waals surface area contributed by atoms with Crippen LogP contribution in [0.5, 0.6) is 0 Å². The van der Waals surface area contributed by atoms with Crippen LogP contribution in [0.4, 0.5) is 0 Å². The number of carbonyl (C=O) groups is 4. The first kappa shape index (κ1) is 46.4. The van der Waals surface area contributed by atoms with Gasteiger partial charge >= 0.3 is 23.9 Å². The van der Waals surface area contributed by atoms with Crippen molar-refractivity contribution in [3.8, 4) is 0 Å². The van der Waals surface area contributed by atoms with Gasteiger partial charge in [0.25, 0.3) is 0 Å². The second-order valence-corrected chi connectivity index (χ2v) is 22.9. The molecule has 0 amide bonds. The first-order valence-corrected chi connectivity index (χ1v) is 21.2. The van der Waals surface area contributed by atoms with Crippen LogP contribution in [0.25, 0.3) is 0 Å². The summed E-state index contributed by atoms with van der Waals surface area (Å²) >= 11 is 0. The van der Waals surface area contributed by atoms with Crippen LogP contribution in [0, 0.1) is 11.8 Å². The van der Waals surface area contributed by atoms with Crippen LogP contribution in [-0.2, 0) is 19.2 Å². The van der Waals surface area contributed by atoms with Crippen molar-refractivity contribution in [3.63, 3.8) is 0 Å². The molecule has 0 saturated carbocycles. The first-order valence-electron chi connectivity index (χ1n) is 21.2. The molecular weight excluding hydrogens is 713 g/mol. The predicted octanol–water partition coefficient (Wildman–Crippen LogP) is 8.12. The Morgan fingerprint density at radius 3 is 0.607 bits per heavy atom. The van der Waals surface area contributed by atoms with Crippen molar-refractivity contribution in [1.82, 2.24) is 19.6 Å². The van der Waals surface area contributed by atoms with Crippen molar-refractivity contribution in [2.24, 2.45) is 11.8 Å². The number of carboxylic acid groups (broad SMARTS) is 4. The Morgan fingerprint density at radius 2 is 0.500 bits per heavy atom. The van der Waals surface area contributed by atoms with Crippen LogP contribution in [0.2, 0.25) is 0 Å². The Bertz CT molecular complexity index is 1300. The summed E-state index contributed by atoms with van der Waals surface area (Å²) in [5.74, 6) is -10.8. The molecule has 4 rings (SSSR count). The molecule has 4 N–H and O–H groups in total. The highest BCUT2D eigenvalue weighted by atomic mass is 16.4. The molecule has 2 unspecified atom stereocenters. The lowest BCUT2D eigenvalue weighted by molar-refractivity contribution is -0.293. The van der Waals surface area contributed by atoms with E-state index in [0.717, 1.165) is 25.7 Å². The number of hydrogen-bond acceptors (Lipinski definition) is 8. The highest BCUT2D eigenvalue weighted by molar-refractivity contribution is 5.95. The topological polar surface area (TPSA) is 162 Å². The van der Waals surface area contributed by atoms with Crippen LogP contribution in [0.3, 0.4) is 0 Å². The van der Waals surface area contributed by atoms with E-state index < -0.39 is 91.4 Å². The van der Waals surface area contributed by atoms with Gasteiger partial charge in [-0.15, -0.1) is 0 Å². The van der Waals surface area contributed by atoms with Gasteiger partial charge in [-0.05, 0) is 188 Å². The molecule has 4 aliphatic rings. The second-order valence-electron chi connectivity index (χ2n) is 22.9. The molecule has 0 aliphatic carbocycles. The third-order valence-corrected chi connectivity index (χ3v) is 14.9. The molecule has 56 heavy (non-hydrogen) atoms. The second kappa shape index (κ2) is 14.2. The Kier molecular flexibility index (Phi) is 11.8. The maximum Gasteiger partial charge on any atom is 0.340 e. The number of nitrogens with zero attached hydrogens (tertiary/aromatic N) is 4. The predicted molar refractivity (Wildman–Crippen MR) is 218 cm³/mol. The van der Waals surface area contributed by atoms with E-state index in [1.54, 1.807) is 0 Å². The van der Waals surface area contributed by atoms with Gasteiger partial charge in [0.05, 0.1) is 0 Å². The molecule has 4 aliphatic heterocycles. The van der Waals surface area contributed by atoms with Gasteiger partial charge in [0, 0.05) is 44.3 Å². The van der Waals surface area contributed by atoms with Crippen molar-refractivity contribution in [2.75, 3.05) is 0 Å². The van der Waals surface area contributed by atoms with Crippen molar-refractivity contribution in [2.45, 2.75) is 243 Å². The molecule has 0 spiro atoms. The lowest BCUT2D eigenvalue weighted by Gasteiger charge is -2.72. The maximum atomic E-state index is 15.3. The van der Waals surface area contributed by atoms with Crippen LogP contribution < -0.4 is 0 Å². The molecule has 4 heterocycles. The quantitative estimate of drug-likeness (QED) is 0.159. The zero-order valence-electron chi connectivity index (χ0n) is 37.9. The Hall–Kier alpha value is -2.28. The number of hydrogen-bond donors (Lipinski definition) is 4. The Labute approximate surface area is 337 Å². The summed E-state index contributed by atoms with van der Waals surface area (Å²) in [5.41, 5.74) is -12.7. The van der Waals surface area contributed by atoms with Gasteiger partial charge in [-0.25, -0.2) is 9.59 Å². The van der Waals surface area contributed by atoms with Crippen molar-refractivity contribution in [3.05, 3.63) is 0 Å². The standard InChI is InChI=1S/C44H78N4O8/c1-35(2)21-17-22-36(3,4)45(35)43(33(53)54,46-37(5,6)23-18-24-38(46,7)8)29(31(49)50)30(32(51)52)44(34(55)56,47-39(9,10)25-19-26-40(47,11)12)48-41(13,14)27-20-28-42(48,15)16/h29-30H,17-28H2,1-16H3,(H,49,50)(H,51,52)(H,53,54)(H,55,56). The highest BCUT2D eigenvalue weighted by Crippen LogP contribution is 2.60. The number of rotatable bonds is 11. The summed E-state index contributed by atoms with van der Waals surface area (Å²) in [6.07, 6.45) is 7.29. The summed E-state index contributed by atoms with van der Waals surface area (Å²) in [5, 5.41) is 49.2. The number of aliphatic carboxylic acids is 4. The van der Waals surface area contributed by atoms with Gasteiger partial charge in [-0.3, -0.25) is 29.2 Å². The zero-order chi connectivity index (χ0) is 43.3. The summed E-state index contributed by atoms with van der Waals surface area (Å²) in [6.45, 7) is 30.9. The molecule has 4 saturated heterocycles. The lowest BCUT2D eigenvalue weighted by atomic mass is 9.61. The number of piperidine rings is 4. The van der Waals surface area contributed by atoms with Gasteiger partial charge < -0.3 is 20.4 Å². The molecule has 0 aromatic rings. The summed E-state index contributed by atoms with van der Waals surface area (Å²) in [6, 6.07) is 0. The van der Waals surface area contributed by atoms with Gasteiger partial charge in [0.1, 0.15) is 11.8 Å². The van der Waals surface area contributed by atoms with Crippen molar-refractivity contribution >= 4 is 23.9 Å². The normalized spacial score (nSPS) is 28.8. The summed E-state index contributed by atoms with van der Waals surface area (Å²) in [4.78, 5) is 67.9. The molecule has 12 heteroatoms. The van der Waals surface area contributed by atoms with Crippen LogP contribution in [-0.4, -0.2) is 120 Å². The summed E-state index contributed by atoms with van der Waals surface area (Å²) in [7, 11) is 0. The molecule has 4 fully saturated rings. The first-order chi connectivity index (χ1) is 25.1. The molecule has 0 aromatic carbocycles. The Morgan fingerprint density at radius 1 is 0.357 bits per heavy atom. The highest BCUT2D eigenvalue weighted by Gasteiger charge is 2.78. The molecular formula is C44H78N4O8. The van der Waals surface area contributed by atoms with E-state index in [2.05, 4.69) is 0 Å². The average molecular weight is 791 g/mol. The summed E-state index contributed by atoms with van der Waals surface area (Å²) < 4.78 is 0. The minimum Gasteiger partial charge on any atom is -0.481 e. The smallest absolute Gasteiger partial charge is 0.340 e. The minimum atomic E-state index is -2.55. The van der Waals surface area contributed by atoms with Crippen molar-refractivity contribution < 1.29 is 39.6 Å². The van der Waals surface area contributed by atoms with E-state index >= 15 is 9.59 Å². The van der Waals surface area contributed by atoms with Crippen molar-refractivity contribution in [1.29, 1.82) is 0 Å². The van der Waals surface area contributed by atoms with Gasteiger partial charge in [0.2, 0.25) is 0 Å². The number of likely N-dealkylation sites (tertiary alicyclic amines) is 4. The largest absolute Gasteiger partial charge is 0.481 e. The molecule has 12 nitrogen and oxygen atoms in total. The van der Waals surface area contributed by atoms with Gasteiger partial charge in [0.15, 0.2) is 11.3 Å². The molecule has 0 aromatic heterocycles. The SMILES string of the molecule is CC1(C)CCCC(C)(C)N1C(C(=O)O)(C(C(=O)O)C(C(=O)O)C(C(=O)O)(N1C(C)(C)CCCC1(C)C)N1C(C)(C)CCCC1(C)C)N1C(C)(C)CCCC1(C)C. The third kappa shape index (κ3) is 7.01. The van der Waals surface area contributed by atoms with Gasteiger partial charge in [-0.1, -0.05) is 0 Å². The van der Waals surface area contributed by atoms with E-state index in [4.69, 9.17) is 0 Å². The molecule has 2 atom stereocenters. The Balaban J connectivity index is 2.43. The van der Waals surface area contributed by atoms with E-state index in [1.165, 1.54) is 0 Å². The fraction of sp³-hybridized carbons (Fsp3) is 0.909. The average Bonchev–Trinajstić information content (AvgIpc) is 2.94. The maximum absolute atomic E-state index is 15.3. The number of carboxylic acids is 4. The molecule has 322 valence electrons. The third-order valence-electron chi connectivity index (χ3n) is 14.9. The van der Waals surface area contributed by atoms with E-state index in [0.29, 0.717) is 51.4 Å². The fourth-order valence-electron chi connectivity index (χ4n) is 14.2. The molecule has 0 radical (unpaired) electrons. The van der Waals surface area contributed by atoms with Crippen LogP contribution in [0.1, 0.15) is 188 Å². The molecule has 0 bridgehead atoms. The van der Waals surface area contributed by atoms with E-state index in [-0.39, 0.29) is 0 Å². The van der Waals surface area contributed by atoms with Crippen LogP contribution in [0.15, 0.2) is 0 Å². The van der Waals surface area contributed by atoms with Gasteiger partial charge in [-0.2, -0.15) is 0 Å². The zero-order valence-corrected chi connectivity index (χ0v) is 37.9. The van der Waals surface area contributed by atoms with E-state index in [1.807, 2.05) is 130 Å². The van der Waals surface area contributed by atoms with Crippen LogP contribution >= 0.6 is 0 Å².